The molecule has 0 atom stereocenters. The van der Waals surface area contributed by atoms with E-state index in [0.717, 1.165) is 27.1 Å². The van der Waals surface area contributed by atoms with Gasteiger partial charge in [0.25, 0.3) is 5.91 Å². The first-order valence-corrected chi connectivity index (χ1v) is 11.0. The van der Waals surface area contributed by atoms with Crippen molar-refractivity contribution >= 4 is 50.9 Å². The van der Waals surface area contributed by atoms with Gasteiger partial charge < -0.3 is 9.30 Å². The molecule has 0 bridgehead atoms. The molecule has 0 spiro atoms. The van der Waals surface area contributed by atoms with Gasteiger partial charge in [-0.3, -0.25) is 24.1 Å². The standard InChI is InChI=1S/C23H21N3O5S/c1-3-14-4-9-17-18(12-14)32-23(25(17)13-21(29)31-2)24-22(30)15-5-7-16(8-6-15)26-19(27)10-11-20(26)28/h4-9,12H,3,10-11,13H2,1-2H3. The van der Waals surface area contributed by atoms with Gasteiger partial charge in [-0.05, 0) is 48.4 Å². The predicted octanol–water partition coefficient (Wildman–Crippen LogP) is 2.83. The Kier molecular flexibility index (Phi) is 6.00. The first-order chi connectivity index (χ1) is 15.4. The minimum atomic E-state index is -0.489. The Morgan fingerprint density at radius 1 is 1.06 bits per heavy atom. The van der Waals surface area contributed by atoms with Gasteiger partial charge in [0, 0.05) is 18.4 Å². The highest BCUT2D eigenvalue weighted by molar-refractivity contribution is 7.16. The van der Waals surface area contributed by atoms with Crippen LogP contribution in [0.1, 0.15) is 35.7 Å². The molecule has 1 aliphatic rings. The van der Waals surface area contributed by atoms with Gasteiger partial charge in [0.05, 0.1) is 23.0 Å². The molecule has 0 radical (unpaired) electrons. The second-order valence-electron chi connectivity index (χ2n) is 7.29. The predicted molar refractivity (Wildman–Crippen MR) is 119 cm³/mol. The number of nitrogens with zero attached hydrogens (tertiary/aromatic N) is 3. The number of amides is 3. The van der Waals surface area contributed by atoms with Gasteiger partial charge in [0.2, 0.25) is 11.8 Å². The highest BCUT2D eigenvalue weighted by Crippen LogP contribution is 2.23. The number of rotatable bonds is 5. The van der Waals surface area contributed by atoms with E-state index in [1.54, 1.807) is 16.7 Å². The number of thiazole rings is 1. The molecule has 164 valence electrons. The molecule has 3 aromatic rings. The van der Waals surface area contributed by atoms with Crippen LogP contribution in [0.2, 0.25) is 0 Å². The number of imide groups is 1. The van der Waals surface area contributed by atoms with Crippen molar-refractivity contribution in [2.24, 2.45) is 4.99 Å². The minimum absolute atomic E-state index is 0.0633. The molecule has 8 nitrogen and oxygen atoms in total. The first kappa shape index (κ1) is 21.6. The smallest absolute Gasteiger partial charge is 0.325 e. The molecule has 2 aromatic carbocycles. The van der Waals surface area contributed by atoms with E-state index in [9.17, 15) is 19.2 Å². The number of benzene rings is 2. The van der Waals surface area contributed by atoms with E-state index in [-0.39, 0.29) is 31.2 Å². The third-order valence-electron chi connectivity index (χ3n) is 5.29. The lowest BCUT2D eigenvalue weighted by molar-refractivity contribution is -0.141. The lowest BCUT2D eigenvalue weighted by Gasteiger charge is -2.13. The van der Waals surface area contributed by atoms with Crippen molar-refractivity contribution in [3.63, 3.8) is 0 Å². The third kappa shape index (κ3) is 4.11. The highest BCUT2D eigenvalue weighted by Gasteiger charge is 2.30. The van der Waals surface area contributed by atoms with E-state index in [2.05, 4.69) is 11.9 Å². The zero-order chi connectivity index (χ0) is 22.8. The monoisotopic (exact) mass is 451 g/mol. The number of aromatic nitrogens is 1. The molecule has 2 heterocycles. The van der Waals surface area contributed by atoms with Gasteiger partial charge in [-0.25, -0.2) is 0 Å². The molecule has 0 aliphatic carbocycles. The largest absolute Gasteiger partial charge is 0.468 e. The Balaban J connectivity index is 1.70. The third-order valence-corrected chi connectivity index (χ3v) is 6.33. The normalized spacial score (nSPS) is 14.4. The molecule has 32 heavy (non-hydrogen) atoms. The molecule has 1 aromatic heterocycles. The fourth-order valence-electron chi connectivity index (χ4n) is 3.54. The van der Waals surface area contributed by atoms with Crippen molar-refractivity contribution in [1.82, 2.24) is 4.57 Å². The van der Waals surface area contributed by atoms with E-state index in [1.165, 1.54) is 30.6 Å². The van der Waals surface area contributed by atoms with E-state index in [1.807, 2.05) is 18.2 Å². The number of methoxy groups -OCH3 is 1. The summed E-state index contributed by atoms with van der Waals surface area (Å²) >= 11 is 1.32. The maximum Gasteiger partial charge on any atom is 0.325 e. The number of ether oxygens (including phenoxy) is 1. The van der Waals surface area contributed by atoms with Gasteiger partial charge in [-0.2, -0.15) is 4.99 Å². The van der Waals surface area contributed by atoms with Crippen LogP contribution >= 0.6 is 11.3 Å². The lowest BCUT2D eigenvalue weighted by Crippen LogP contribution is -2.28. The number of fused-ring (bicyclic) bond motifs is 1. The Morgan fingerprint density at radius 3 is 2.38 bits per heavy atom. The zero-order valence-corrected chi connectivity index (χ0v) is 18.5. The average Bonchev–Trinajstić information content (AvgIpc) is 3.31. The molecule has 0 N–H and O–H groups in total. The summed E-state index contributed by atoms with van der Waals surface area (Å²) in [7, 11) is 1.31. The summed E-state index contributed by atoms with van der Waals surface area (Å²) in [6, 6.07) is 12.1. The number of hydrogen-bond donors (Lipinski definition) is 0. The van der Waals surface area contributed by atoms with Crippen molar-refractivity contribution in [1.29, 1.82) is 0 Å². The Labute approximate surface area is 187 Å². The van der Waals surface area contributed by atoms with Crippen LogP contribution in [0.15, 0.2) is 47.5 Å². The molecule has 0 saturated carbocycles. The van der Waals surface area contributed by atoms with Gasteiger partial charge in [0.1, 0.15) is 6.54 Å². The Bertz CT molecular complexity index is 1290. The second-order valence-corrected chi connectivity index (χ2v) is 8.30. The number of carbonyl (C=O) groups excluding carboxylic acids is 4. The van der Waals surface area contributed by atoms with Crippen molar-refractivity contribution in [2.75, 3.05) is 12.0 Å². The van der Waals surface area contributed by atoms with Crippen LogP contribution in [-0.2, 0) is 32.1 Å². The molecule has 3 amide bonds. The van der Waals surface area contributed by atoms with Gasteiger partial charge >= 0.3 is 5.97 Å². The van der Waals surface area contributed by atoms with E-state index in [0.29, 0.717) is 16.1 Å². The molecule has 9 heteroatoms. The van der Waals surface area contributed by atoms with E-state index < -0.39 is 11.9 Å². The fraction of sp³-hybridized carbons (Fsp3) is 0.261. The number of carbonyl (C=O) groups is 4. The summed E-state index contributed by atoms with van der Waals surface area (Å²) < 4.78 is 7.38. The topological polar surface area (TPSA) is 98.0 Å². The number of anilines is 1. The van der Waals surface area contributed by atoms with Crippen LogP contribution in [0.5, 0.6) is 0 Å². The fourth-order valence-corrected chi connectivity index (χ4v) is 4.63. The van der Waals surface area contributed by atoms with Crippen molar-refractivity contribution in [3.05, 3.63) is 58.4 Å². The quantitative estimate of drug-likeness (QED) is 0.439. The SMILES string of the molecule is CCc1ccc2c(c1)sc(=NC(=O)c1ccc(N3C(=O)CCC3=O)cc1)n2CC(=O)OC. The van der Waals surface area contributed by atoms with Crippen molar-refractivity contribution < 1.29 is 23.9 Å². The zero-order valence-electron chi connectivity index (χ0n) is 17.7. The van der Waals surface area contributed by atoms with Crippen molar-refractivity contribution in [2.45, 2.75) is 32.7 Å². The van der Waals surface area contributed by atoms with Crippen LogP contribution in [-0.4, -0.2) is 35.4 Å². The molecular weight excluding hydrogens is 430 g/mol. The van der Waals surface area contributed by atoms with Crippen LogP contribution in [0.25, 0.3) is 10.2 Å². The average molecular weight is 452 g/mol. The van der Waals surface area contributed by atoms with Crippen LogP contribution in [0.4, 0.5) is 5.69 Å². The molecule has 0 unspecified atom stereocenters. The molecule has 4 rings (SSSR count). The second kappa shape index (κ2) is 8.88. The number of esters is 1. The van der Waals surface area contributed by atoms with Gasteiger partial charge in [0.15, 0.2) is 4.80 Å². The highest BCUT2D eigenvalue weighted by atomic mass is 32.1. The molecule has 1 aliphatic heterocycles. The summed E-state index contributed by atoms with van der Waals surface area (Å²) in [5.74, 6) is -1.43. The minimum Gasteiger partial charge on any atom is -0.468 e. The van der Waals surface area contributed by atoms with Crippen LogP contribution in [0, 0.1) is 0 Å². The summed E-state index contributed by atoms with van der Waals surface area (Å²) in [6.07, 6.45) is 1.26. The molecule has 1 fully saturated rings. The summed E-state index contributed by atoms with van der Waals surface area (Å²) in [4.78, 5) is 54.4. The van der Waals surface area contributed by atoms with E-state index >= 15 is 0 Å². The Morgan fingerprint density at radius 2 is 1.75 bits per heavy atom. The lowest BCUT2D eigenvalue weighted by atomic mass is 10.2. The molecule has 1 saturated heterocycles. The summed E-state index contributed by atoms with van der Waals surface area (Å²) in [6.45, 7) is 1.99. The van der Waals surface area contributed by atoms with Gasteiger partial charge in [-0.15, -0.1) is 0 Å². The summed E-state index contributed by atoms with van der Waals surface area (Å²) in [5.41, 5.74) is 2.68. The Hall–Kier alpha value is -3.59. The van der Waals surface area contributed by atoms with Gasteiger partial charge in [-0.1, -0.05) is 24.3 Å². The van der Waals surface area contributed by atoms with Crippen LogP contribution in [0.3, 0.4) is 0 Å². The van der Waals surface area contributed by atoms with Crippen LogP contribution < -0.4 is 9.70 Å². The molecular formula is C23H21N3O5S. The number of hydrogen-bond acceptors (Lipinski definition) is 6. The maximum absolute atomic E-state index is 12.8. The summed E-state index contributed by atoms with van der Waals surface area (Å²) in [5, 5.41) is 0. The number of aryl methyl sites for hydroxylation is 1. The first-order valence-electron chi connectivity index (χ1n) is 10.1. The van der Waals surface area contributed by atoms with Crippen molar-refractivity contribution in [3.8, 4) is 0 Å². The van der Waals surface area contributed by atoms with E-state index in [4.69, 9.17) is 4.74 Å². The maximum atomic E-state index is 12.8.